The number of amides is 2. The molecule has 0 aliphatic carbocycles. The lowest BCUT2D eigenvalue weighted by Gasteiger charge is -2.02. The Labute approximate surface area is 101 Å². The minimum absolute atomic E-state index is 0.131. The Morgan fingerprint density at radius 2 is 2.18 bits per heavy atom. The van der Waals surface area contributed by atoms with E-state index in [9.17, 15) is 14.0 Å². The Morgan fingerprint density at radius 1 is 1.41 bits per heavy atom. The number of imide groups is 1. The summed E-state index contributed by atoms with van der Waals surface area (Å²) in [5, 5.41) is 1.70. The lowest BCUT2D eigenvalue weighted by molar-refractivity contribution is -0.115. The number of nitrogens with one attached hydrogen (secondary N) is 1. The number of ether oxygens (including phenoxy) is 1. The third kappa shape index (κ3) is 2.47. The molecule has 1 heterocycles. The molecule has 1 fully saturated rings. The van der Waals surface area contributed by atoms with Crippen LogP contribution in [0.25, 0.3) is 6.08 Å². The summed E-state index contributed by atoms with van der Waals surface area (Å²) in [6.45, 7) is 0. The number of carbonyl (C=O) groups is 2. The molecule has 1 aromatic carbocycles. The van der Waals surface area contributed by atoms with Crippen molar-refractivity contribution < 1.29 is 18.7 Å². The van der Waals surface area contributed by atoms with Crippen molar-refractivity contribution in [3.8, 4) is 5.75 Å². The Kier molecular flexibility index (Phi) is 3.14. The van der Waals surface area contributed by atoms with Gasteiger partial charge in [0.1, 0.15) is 0 Å². The maximum atomic E-state index is 13.4. The number of thioether (sulfide) groups is 1. The van der Waals surface area contributed by atoms with Gasteiger partial charge in [0.25, 0.3) is 11.1 Å². The van der Waals surface area contributed by atoms with Crippen molar-refractivity contribution in [2.24, 2.45) is 0 Å². The minimum Gasteiger partial charge on any atom is -0.494 e. The van der Waals surface area contributed by atoms with Gasteiger partial charge < -0.3 is 4.74 Å². The molecule has 1 aliphatic heterocycles. The smallest absolute Gasteiger partial charge is 0.290 e. The highest BCUT2D eigenvalue weighted by atomic mass is 32.2. The second kappa shape index (κ2) is 4.58. The summed E-state index contributed by atoms with van der Waals surface area (Å²) in [5.41, 5.74) is 0.496. The van der Waals surface area contributed by atoms with E-state index < -0.39 is 17.0 Å². The van der Waals surface area contributed by atoms with E-state index in [0.717, 1.165) is 11.8 Å². The fourth-order valence-electron chi connectivity index (χ4n) is 1.34. The van der Waals surface area contributed by atoms with E-state index in [-0.39, 0.29) is 10.7 Å². The second-order valence-electron chi connectivity index (χ2n) is 3.25. The molecule has 1 N–H and O–H groups in total. The zero-order chi connectivity index (χ0) is 12.4. The average Bonchev–Trinajstić information content (AvgIpc) is 2.58. The molecule has 17 heavy (non-hydrogen) atoms. The number of methoxy groups -OCH3 is 1. The van der Waals surface area contributed by atoms with Crippen molar-refractivity contribution >= 4 is 29.0 Å². The molecular weight excluding hydrogens is 245 g/mol. The normalized spacial score (nSPS) is 17.4. The fraction of sp³-hybridized carbons (Fsp3) is 0.0909. The van der Waals surface area contributed by atoms with Gasteiger partial charge in [0.2, 0.25) is 0 Å². The quantitative estimate of drug-likeness (QED) is 0.820. The van der Waals surface area contributed by atoms with Crippen LogP contribution in [0.5, 0.6) is 5.75 Å². The average molecular weight is 253 g/mol. The third-order valence-corrected chi connectivity index (χ3v) is 2.93. The van der Waals surface area contributed by atoms with Crippen LogP contribution in [0.15, 0.2) is 23.1 Å². The summed E-state index contributed by atoms with van der Waals surface area (Å²) in [4.78, 5) is 22.4. The van der Waals surface area contributed by atoms with E-state index >= 15 is 0 Å². The first-order valence-electron chi connectivity index (χ1n) is 4.68. The number of hydrogen-bond donors (Lipinski definition) is 1. The number of benzene rings is 1. The van der Waals surface area contributed by atoms with Crippen LogP contribution in [0.2, 0.25) is 0 Å². The molecule has 4 nitrogen and oxygen atoms in total. The van der Waals surface area contributed by atoms with Crippen LogP contribution < -0.4 is 10.1 Å². The second-order valence-corrected chi connectivity index (χ2v) is 4.26. The summed E-state index contributed by atoms with van der Waals surface area (Å²) < 4.78 is 18.1. The van der Waals surface area contributed by atoms with Crippen LogP contribution in [0.3, 0.4) is 0 Å². The van der Waals surface area contributed by atoms with Crippen molar-refractivity contribution in [3.63, 3.8) is 0 Å². The topological polar surface area (TPSA) is 55.4 Å². The van der Waals surface area contributed by atoms with Gasteiger partial charge in [-0.2, -0.15) is 0 Å². The molecule has 0 bridgehead atoms. The highest BCUT2D eigenvalue weighted by molar-refractivity contribution is 8.18. The molecule has 1 saturated heterocycles. The number of halogens is 1. The van der Waals surface area contributed by atoms with Gasteiger partial charge in [-0.25, -0.2) is 4.39 Å². The van der Waals surface area contributed by atoms with Crippen molar-refractivity contribution in [2.75, 3.05) is 7.11 Å². The molecular formula is C11H8FNO3S. The summed E-state index contributed by atoms with van der Waals surface area (Å²) in [7, 11) is 1.37. The third-order valence-electron chi connectivity index (χ3n) is 2.12. The maximum absolute atomic E-state index is 13.4. The molecule has 2 rings (SSSR count). The SMILES string of the molecule is COc1ccc(C=C2SC(=O)NC2=O)cc1F. The van der Waals surface area contributed by atoms with Crippen LogP contribution in [-0.2, 0) is 4.79 Å². The highest BCUT2D eigenvalue weighted by Crippen LogP contribution is 2.26. The van der Waals surface area contributed by atoms with E-state index in [2.05, 4.69) is 5.32 Å². The Balaban J connectivity index is 2.30. The Hall–Kier alpha value is -1.82. The number of hydrogen-bond acceptors (Lipinski definition) is 4. The molecule has 6 heteroatoms. The summed E-state index contributed by atoms with van der Waals surface area (Å²) in [6.07, 6.45) is 1.45. The number of rotatable bonds is 2. The molecule has 0 aromatic heterocycles. The van der Waals surface area contributed by atoms with Crippen molar-refractivity contribution in [3.05, 3.63) is 34.5 Å². The summed E-state index contributed by atoms with van der Waals surface area (Å²) in [6, 6.07) is 4.30. The molecule has 88 valence electrons. The molecule has 1 aliphatic rings. The van der Waals surface area contributed by atoms with Crippen LogP contribution in [0, 0.1) is 5.82 Å². The molecule has 0 atom stereocenters. The highest BCUT2D eigenvalue weighted by Gasteiger charge is 2.24. The van der Waals surface area contributed by atoms with Gasteiger partial charge in [-0.05, 0) is 35.5 Å². The predicted octanol–water partition coefficient (Wildman–Crippen LogP) is 2.16. The van der Waals surface area contributed by atoms with Gasteiger partial charge in [0.05, 0.1) is 12.0 Å². The van der Waals surface area contributed by atoms with Crippen LogP contribution in [0.1, 0.15) is 5.56 Å². The van der Waals surface area contributed by atoms with Crippen LogP contribution in [-0.4, -0.2) is 18.3 Å². The monoisotopic (exact) mass is 253 g/mol. The first-order valence-corrected chi connectivity index (χ1v) is 5.50. The van der Waals surface area contributed by atoms with E-state index in [1.165, 1.54) is 25.3 Å². The van der Waals surface area contributed by atoms with Crippen molar-refractivity contribution in [1.29, 1.82) is 0 Å². The van der Waals surface area contributed by atoms with Crippen molar-refractivity contribution in [1.82, 2.24) is 5.32 Å². The zero-order valence-corrected chi connectivity index (χ0v) is 9.64. The van der Waals surface area contributed by atoms with E-state index in [0.29, 0.717) is 5.56 Å². The minimum atomic E-state index is -0.517. The summed E-state index contributed by atoms with van der Waals surface area (Å²) >= 11 is 0.792. The van der Waals surface area contributed by atoms with Gasteiger partial charge in [-0.1, -0.05) is 6.07 Å². The fourth-order valence-corrected chi connectivity index (χ4v) is 2.03. The van der Waals surface area contributed by atoms with Gasteiger partial charge in [0, 0.05) is 0 Å². The van der Waals surface area contributed by atoms with E-state index in [1.807, 2.05) is 0 Å². The Morgan fingerprint density at radius 3 is 2.71 bits per heavy atom. The molecule has 1 aromatic rings. The van der Waals surface area contributed by atoms with Crippen molar-refractivity contribution in [2.45, 2.75) is 0 Å². The standard InChI is InChI=1S/C11H8FNO3S/c1-16-8-3-2-6(4-7(8)12)5-9-10(14)13-11(15)17-9/h2-5H,1H3,(H,13,14,15). The van der Waals surface area contributed by atoms with Gasteiger partial charge in [-0.3, -0.25) is 14.9 Å². The molecule has 0 spiro atoms. The first-order chi connectivity index (χ1) is 8.10. The maximum Gasteiger partial charge on any atom is 0.290 e. The van der Waals surface area contributed by atoms with Gasteiger partial charge in [0.15, 0.2) is 11.6 Å². The lowest BCUT2D eigenvalue weighted by atomic mass is 10.2. The Bertz CT molecular complexity index is 527. The van der Waals surface area contributed by atoms with Crippen LogP contribution >= 0.6 is 11.8 Å². The molecule has 2 amide bonds. The predicted molar refractivity (Wildman–Crippen MR) is 62.1 cm³/mol. The molecule has 0 saturated carbocycles. The van der Waals surface area contributed by atoms with Gasteiger partial charge in [-0.15, -0.1) is 0 Å². The zero-order valence-electron chi connectivity index (χ0n) is 8.82. The largest absolute Gasteiger partial charge is 0.494 e. The lowest BCUT2D eigenvalue weighted by Crippen LogP contribution is -2.17. The first kappa shape index (κ1) is 11.7. The van der Waals surface area contributed by atoms with Crippen LogP contribution in [0.4, 0.5) is 9.18 Å². The summed E-state index contributed by atoms with van der Waals surface area (Å²) in [5.74, 6) is -0.848. The molecule has 0 unspecified atom stereocenters. The van der Waals surface area contributed by atoms with E-state index in [4.69, 9.17) is 4.74 Å². The van der Waals surface area contributed by atoms with Gasteiger partial charge >= 0.3 is 0 Å². The number of carbonyl (C=O) groups excluding carboxylic acids is 2. The molecule has 0 radical (unpaired) electrons. The van der Waals surface area contributed by atoms with E-state index in [1.54, 1.807) is 6.07 Å².